The molecule has 0 unspecified atom stereocenters. The van der Waals surface area contributed by atoms with Crippen LogP contribution in [0.1, 0.15) is 17.3 Å². The van der Waals surface area contributed by atoms with Gasteiger partial charge >= 0.3 is 5.97 Å². The minimum absolute atomic E-state index is 0.150. The van der Waals surface area contributed by atoms with E-state index >= 15 is 0 Å². The molecule has 0 fully saturated rings. The normalized spacial score (nSPS) is 10.4. The van der Waals surface area contributed by atoms with E-state index in [0.717, 1.165) is 11.4 Å². The molecular weight excluding hydrogens is 432 g/mol. The van der Waals surface area contributed by atoms with Gasteiger partial charge in [-0.25, -0.2) is 4.79 Å². The van der Waals surface area contributed by atoms with E-state index in [1.54, 1.807) is 25.5 Å². The van der Waals surface area contributed by atoms with E-state index in [9.17, 15) is 9.59 Å². The Labute approximate surface area is 179 Å². The van der Waals surface area contributed by atoms with Crippen LogP contribution in [0.4, 0.5) is 15.8 Å². The second-order valence-electron chi connectivity index (χ2n) is 5.45. The summed E-state index contributed by atoms with van der Waals surface area (Å²) in [5.74, 6) is 0.238. The molecule has 2 N–H and O–H groups in total. The van der Waals surface area contributed by atoms with Crippen molar-refractivity contribution in [3.8, 4) is 5.75 Å². The summed E-state index contributed by atoms with van der Waals surface area (Å²) in [6, 6.07) is 9.08. The first-order chi connectivity index (χ1) is 14.1. The fraction of sp³-hybridized carbons (Fsp3) is 0.222. The SMILES string of the molecule is CCOC(=O)c1ccsc1NC(=O)CSc1nnc(Nc2ccc(OC)cc2)s1. The van der Waals surface area contributed by atoms with Crippen LogP contribution in [0, 0.1) is 0 Å². The van der Waals surface area contributed by atoms with E-state index < -0.39 is 5.97 Å². The molecule has 0 aliphatic rings. The molecule has 29 heavy (non-hydrogen) atoms. The van der Waals surface area contributed by atoms with Gasteiger partial charge in [0.1, 0.15) is 10.8 Å². The zero-order valence-electron chi connectivity index (χ0n) is 15.6. The highest BCUT2D eigenvalue weighted by Crippen LogP contribution is 2.29. The van der Waals surface area contributed by atoms with Crippen molar-refractivity contribution in [2.75, 3.05) is 30.1 Å². The molecule has 0 spiro atoms. The minimum Gasteiger partial charge on any atom is -0.497 e. The summed E-state index contributed by atoms with van der Waals surface area (Å²) in [6.07, 6.45) is 0. The van der Waals surface area contributed by atoms with Gasteiger partial charge in [-0.2, -0.15) is 0 Å². The summed E-state index contributed by atoms with van der Waals surface area (Å²) in [4.78, 5) is 24.1. The first-order valence-corrected chi connectivity index (χ1v) is 11.2. The number of rotatable bonds is 9. The van der Waals surface area contributed by atoms with Gasteiger partial charge < -0.3 is 20.1 Å². The molecule has 0 saturated heterocycles. The number of hydrogen-bond donors (Lipinski definition) is 2. The fourth-order valence-electron chi connectivity index (χ4n) is 2.18. The molecule has 11 heteroatoms. The van der Waals surface area contributed by atoms with Crippen molar-refractivity contribution >= 4 is 62.1 Å². The Morgan fingerprint density at radius 3 is 2.69 bits per heavy atom. The lowest BCUT2D eigenvalue weighted by atomic mass is 10.3. The third kappa shape index (κ3) is 5.92. The van der Waals surface area contributed by atoms with E-state index in [-0.39, 0.29) is 18.3 Å². The molecular formula is C18H18N4O4S3. The summed E-state index contributed by atoms with van der Waals surface area (Å²) in [7, 11) is 1.61. The van der Waals surface area contributed by atoms with Crippen molar-refractivity contribution in [1.82, 2.24) is 10.2 Å². The van der Waals surface area contributed by atoms with E-state index in [1.807, 2.05) is 24.3 Å². The van der Waals surface area contributed by atoms with Gasteiger partial charge in [0, 0.05) is 5.69 Å². The van der Waals surface area contributed by atoms with Crippen molar-refractivity contribution in [1.29, 1.82) is 0 Å². The number of anilines is 3. The van der Waals surface area contributed by atoms with E-state index in [2.05, 4.69) is 20.8 Å². The molecule has 0 atom stereocenters. The highest BCUT2D eigenvalue weighted by atomic mass is 32.2. The number of carbonyl (C=O) groups is 2. The highest BCUT2D eigenvalue weighted by molar-refractivity contribution is 8.01. The number of hydrogen-bond acceptors (Lipinski definition) is 10. The van der Waals surface area contributed by atoms with Crippen LogP contribution in [-0.2, 0) is 9.53 Å². The molecule has 3 aromatic rings. The fourth-order valence-corrected chi connectivity index (χ4v) is 4.55. The van der Waals surface area contributed by atoms with Gasteiger partial charge in [0.15, 0.2) is 4.34 Å². The van der Waals surface area contributed by atoms with E-state index in [1.165, 1.54) is 34.4 Å². The van der Waals surface area contributed by atoms with Crippen LogP contribution in [0.5, 0.6) is 5.75 Å². The Hall–Kier alpha value is -2.63. The minimum atomic E-state index is -0.449. The molecule has 0 radical (unpaired) electrons. The average Bonchev–Trinajstić information content (AvgIpc) is 3.36. The Morgan fingerprint density at radius 1 is 1.17 bits per heavy atom. The molecule has 8 nitrogen and oxygen atoms in total. The lowest BCUT2D eigenvalue weighted by Gasteiger charge is -2.05. The van der Waals surface area contributed by atoms with Crippen LogP contribution in [0.3, 0.4) is 0 Å². The van der Waals surface area contributed by atoms with Crippen LogP contribution < -0.4 is 15.4 Å². The number of nitrogens with one attached hydrogen (secondary N) is 2. The maximum atomic E-state index is 12.2. The molecule has 1 aromatic carbocycles. The number of methoxy groups -OCH3 is 1. The second kappa shape index (κ2) is 10.2. The molecule has 0 saturated carbocycles. The first-order valence-electron chi connectivity index (χ1n) is 8.51. The summed E-state index contributed by atoms with van der Waals surface area (Å²) < 4.78 is 10.8. The van der Waals surface area contributed by atoms with Gasteiger partial charge in [0.05, 0.1) is 25.0 Å². The monoisotopic (exact) mass is 450 g/mol. The number of ether oxygens (including phenoxy) is 2. The number of nitrogens with zero attached hydrogens (tertiary/aromatic N) is 2. The summed E-state index contributed by atoms with van der Waals surface area (Å²) >= 11 is 3.90. The molecule has 2 aromatic heterocycles. The molecule has 1 amide bonds. The zero-order chi connectivity index (χ0) is 20.6. The molecule has 0 aliphatic heterocycles. The van der Waals surface area contributed by atoms with Crippen molar-refractivity contribution in [3.05, 3.63) is 41.3 Å². The molecule has 3 rings (SSSR count). The van der Waals surface area contributed by atoms with Gasteiger partial charge in [-0.05, 0) is 42.6 Å². The Balaban J connectivity index is 1.51. The van der Waals surface area contributed by atoms with Crippen molar-refractivity contribution in [3.63, 3.8) is 0 Å². The number of carbonyl (C=O) groups excluding carboxylic acids is 2. The highest BCUT2D eigenvalue weighted by Gasteiger charge is 2.16. The third-order valence-corrected chi connectivity index (χ3v) is 6.29. The van der Waals surface area contributed by atoms with Crippen molar-refractivity contribution in [2.24, 2.45) is 0 Å². The third-order valence-electron chi connectivity index (χ3n) is 3.49. The first kappa shape index (κ1) is 21.1. The topological polar surface area (TPSA) is 102 Å². The number of esters is 1. The quantitative estimate of drug-likeness (QED) is 0.368. The summed E-state index contributed by atoms with van der Waals surface area (Å²) in [5, 5.41) is 16.9. The lowest BCUT2D eigenvalue weighted by molar-refractivity contribution is -0.113. The van der Waals surface area contributed by atoms with Crippen molar-refractivity contribution < 1.29 is 19.1 Å². The van der Waals surface area contributed by atoms with Gasteiger partial charge in [0.25, 0.3) is 0 Å². The average molecular weight is 451 g/mol. The zero-order valence-corrected chi connectivity index (χ0v) is 18.1. The summed E-state index contributed by atoms with van der Waals surface area (Å²) in [6.45, 7) is 2.01. The predicted octanol–water partition coefficient (Wildman–Crippen LogP) is 4.26. The smallest absolute Gasteiger partial charge is 0.341 e. The number of aromatic nitrogens is 2. The van der Waals surface area contributed by atoms with Gasteiger partial charge in [0.2, 0.25) is 11.0 Å². The van der Waals surface area contributed by atoms with E-state index in [0.29, 0.717) is 20.0 Å². The molecule has 152 valence electrons. The van der Waals surface area contributed by atoms with Gasteiger partial charge in [-0.1, -0.05) is 23.1 Å². The maximum absolute atomic E-state index is 12.2. The molecule has 0 bridgehead atoms. The number of amides is 1. The number of thioether (sulfide) groups is 1. The molecule has 2 heterocycles. The second-order valence-corrected chi connectivity index (χ2v) is 8.56. The predicted molar refractivity (Wildman–Crippen MR) is 116 cm³/mol. The van der Waals surface area contributed by atoms with Crippen LogP contribution in [0.15, 0.2) is 40.1 Å². The summed E-state index contributed by atoms with van der Waals surface area (Å²) in [5.41, 5.74) is 1.22. The van der Waals surface area contributed by atoms with Crippen LogP contribution in [0.2, 0.25) is 0 Å². The standard InChI is InChI=1S/C18H18N4O4S3/c1-3-26-16(24)13-8-9-27-15(13)20-14(23)10-28-18-22-21-17(29-18)19-11-4-6-12(25-2)7-5-11/h4-9H,3,10H2,1-2H3,(H,19,21)(H,20,23). The number of benzene rings is 1. The maximum Gasteiger partial charge on any atom is 0.341 e. The largest absolute Gasteiger partial charge is 0.497 e. The lowest BCUT2D eigenvalue weighted by Crippen LogP contribution is -2.15. The van der Waals surface area contributed by atoms with Crippen LogP contribution >= 0.6 is 34.4 Å². The van der Waals surface area contributed by atoms with Crippen molar-refractivity contribution in [2.45, 2.75) is 11.3 Å². The number of thiophene rings is 1. The van der Waals surface area contributed by atoms with Crippen LogP contribution in [-0.4, -0.2) is 41.5 Å². The van der Waals surface area contributed by atoms with Gasteiger partial charge in [-0.3, -0.25) is 4.79 Å². The Morgan fingerprint density at radius 2 is 1.97 bits per heavy atom. The Kier molecular flexibility index (Phi) is 7.44. The molecule has 0 aliphatic carbocycles. The Bertz CT molecular complexity index is 972. The van der Waals surface area contributed by atoms with Crippen LogP contribution in [0.25, 0.3) is 0 Å². The van der Waals surface area contributed by atoms with E-state index in [4.69, 9.17) is 9.47 Å². The van der Waals surface area contributed by atoms with Gasteiger partial charge in [-0.15, -0.1) is 21.5 Å².